The van der Waals surface area contributed by atoms with Gasteiger partial charge in [0, 0.05) is 18.5 Å². The van der Waals surface area contributed by atoms with E-state index < -0.39 is 10.0 Å². The number of nitrogens with zero attached hydrogens (tertiary/aromatic N) is 2. The summed E-state index contributed by atoms with van der Waals surface area (Å²) in [6.07, 6.45) is 2.01. The molecule has 6 nitrogen and oxygen atoms in total. The standard InChI is InChI=1S/C10H13BrN4O2S2/c1-15-6-13-9(12)10(15)19(16,17)14-5-4-7-2-3-8(11)18-7/h2-3,6,14H,4-5,12H2,1H3. The van der Waals surface area contributed by atoms with Gasteiger partial charge in [0.15, 0.2) is 10.8 Å². The quantitative estimate of drug-likeness (QED) is 0.837. The highest BCUT2D eigenvalue weighted by Gasteiger charge is 2.21. The van der Waals surface area contributed by atoms with Gasteiger partial charge in [-0.1, -0.05) is 0 Å². The molecule has 0 saturated heterocycles. The monoisotopic (exact) mass is 364 g/mol. The minimum Gasteiger partial charge on any atom is -0.381 e. The molecule has 2 aromatic heterocycles. The molecule has 3 N–H and O–H groups in total. The van der Waals surface area contributed by atoms with Crippen molar-refractivity contribution in [3.8, 4) is 0 Å². The molecule has 0 aliphatic rings. The van der Waals surface area contributed by atoms with Gasteiger partial charge >= 0.3 is 0 Å². The highest BCUT2D eigenvalue weighted by molar-refractivity contribution is 9.11. The zero-order valence-electron chi connectivity index (χ0n) is 10.1. The number of anilines is 1. The van der Waals surface area contributed by atoms with Gasteiger partial charge in [-0.05, 0) is 34.5 Å². The molecule has 0 aliphatic heterocycles. The number of aromatic nitrogens is 2. The van der Waals surface area contributed by atoms with E-state index in [0.717, 1.165) is 8.66 Å². The van der Waals surface area contributed by atoms with Crippen LogP contribution in [0.1, 0.15) is 4.88 Å². The van der Waals surface area contributed by atoms with E-state index in [9.17, 15) is 8.42 Å². The van der Waals surface area contributed by atoms with Crippen molar-refractivity contribution >= 4 is 43.1 Å². The fraction of sp³-hybridized carbons (Fsp3) is 0.300. The summed E-state index contributed by atoms with van der Waals surface area (Å²) in [7, 11) is -2.03. The molecule has 19 heavy (non-hydrogen) atoms. The average molecular weight is 365 g/mol. The molecule has 9 heteroatoms. The van der Waals surface area contributed by atoms with Crippen LogP contribution in [0.15, 0.2) is 27.3 Å². The lowest BCUT2D eigenvalue weighted by Crippen LogP contribution is -2.28. The number of halogens is 1. The van der Waals surface area contributed by atoms with Crippen LogP contribution in [0.3, 0.4) is 0 Å². The number of rotatable bonds is 5. The van der Waals surface area contributed by atoms with Gasteiger partial charge < -0.3 is 10.3 Å². The van der Waals surface area contributed by atoms with Crippen LogP contribution in [0.4, 0.5) is 5.82 Å². The third-order valence-electron chi connectivity index (χ3n) is 2.46. The minimum atomic E-state index is -3.62. The molecule has 0 fully saturated rings. The Morgan fingerprint density at radius 3 is 2.79 bits per heavy atom. The number of nitrogen functional groups attached to an aromatic ring is 1. The maximum absolute atomic E-state index is 12.1. The van der Waals surface area contributed by atoms with Gasteiger partial charge in [0.2, 0.25) is 0 Å². The summed E-state index contributed by atoms with van der Waals surface area (Å²) in [5.41, 5.74) is 5.56. The van der Waals surface area contributed by atoms with Gasteiger partial charge in [-0.2, -0.15) is 0 Å². The summed E-state index contributed by atoms with van der Waals surface area (Å²) in [5, 5.41) is -0.000129. The van der Waals surface area contributed by atoms with Gasteiger partial charge in [0.05, 0.1) is 10.1 Å². The van der Waals surface area contributed by atoms with Crippen LogP contribution < -0.4 is 10.5 Å². The van der Waals surface area contributed by atoms with Crippen molar-refractivity contribution < 1.29 is 8.42 Å². The van der Waals surface area contributed by atoms with Crippen LogP contribution in [-0.2, 0) is 23.5 Å². The van der Waals surface area contributed by atoms with Gasteiger partial charge in [-0.15, -0.1) is 11.3 Å². The summed E-state index contributed by atoms with van der Waals surface area (Å²) in [6, 6.07) is 3.90. The summed E-state index contributed by atoms with van der Waals surface area (Å²) in [5.74, 6) is 0.00821. The lowest BCUT2D eigenvalue weighted by atomic mass is 10.3. The first-order valence-corrected chi connectivity index (χ1v) is 8.50. The maximum Gasteiger partial charge on any atom is 0.260 e. The average Bonchev–Trinajstić information content (AvgIpc) is 2.86. The highest BCUT2D eigenvalue weighted by Crippen LogP contribution is 2.22. The van der Waals surface area contributed by atoms with Crippen molar-refractivity contribution in [2.45, 2.75) is 11.4 Å². The van der Waals surface area contributed by atoms with Gasteiger partial charge in [0.25, 0.3) is 10.0 Å². The van der Waals surface area contributed by atoms with Crippen LogP contribution in [-0.4, -0.2) is 24.5 Å². The lowest BCUT2D eigenvalue weighted by molar-refractivity contribution is 0.572. The molecule has 0 spiro atoms. The highest BCUT2D eigenvalue weighted by atomic mass is 79.9. The summed E-state index contributed by atoms with van der Waals surface area (Å²) < 4.78 is 29.1. The molecule has 0 aliphatic carbocycles. The second kappa shape index (κ2) is 5.61. The Bertz CT molecular complexity index is 658. The summed E-state index contributed by atoms with van der Waals surface area (Å²) in [6.45, 7) is 0.319. The second-order valence-electron chi connectivity index (χ2n) is 3.90. The molecular weight excluding hydrogens is 352 g/mol. The Hall–Kier alpha value is -0.900. The molecular formula is C10H13BrN4O2S2. The van der Waals surface area contributed by atoms with E-state index in [1.54, 1.807) is 18.4 Å². The first-order valence-electron chi connectivity index (χ1n) is 5.41. The topological polar surface area (TPSA) is 90.0 Å². The molecule has 0 unspecified atom stereocenters. The maximum atomic E-state index is 12.1. The molecule has 2 heterocycles. The van der Waals surface area contributed by atoms with Crippen LogP contribution in [0.5, 0.6) is 0 Å². The largest absolute Gasteiger partial charge is 0.381 e. The van der Waals surface area contributed by atoms with E-state index in [1.165, 1.54) is 10.9 Å². The number of aryl methyl sites for hydroxylation is 1. The molecule has 0 amide bonds. The first kappa shape index (κ1) is 14.5. The Balaban J connectivity index is 2.03. The van der Waals surface area contributed by atoms with Gasteiger partial charge in [-0.3, -0.25) is 0 Å². The fourth-order valence-corrected chi connectivity index (χ4v) is 4.37. The smallest absolute Gasteiger partial charge is 0.260 e. The van der Waals surface area contributed by atoms with E-state index in [2.05, 4.69) is 25.6 Å². The van der Waals surface area contributed by atoms with Crippen molar-refractivity contribution in [2.24, 2.45) is 7.05 Å². The molecule has 0 bridgehead atoms. The number of hydrogen-bond acceptors (Lipinski definition) is 5. The Labute approximate surface area is 123 Å². The van der Waals surface area contributed by atoms with Gasteiger partial charge in [0.1, 0.15) is 0 Å². The summed E-state index contributed by atoms with van der Waals surface area (Å²) in [4.78, 5) is 4.87. The van der Waals surface area contributed by atoms with Crippen LogP contribution in [0.25, 0.3) is 0 Å². The minimum absolute atomic E-state index is 0.000129. The molecule has 2 rings (SSSR count). The summed E-state index contributed by atoms with van der Waals surface area (Å²) >= 11 is 4.95. The zero-order chi connectivity index (χ0) is 14.0. The first-order chi connectivity index (χ1) is 8.90. The van der Waals surface area contributed by atoms with Crippen molar-refractivity contribution in [1.29, 1.82) is 0 Å². The van der Waals surface area contributed by atoms with E-state index >= 15 is 0 Å². The van der Waals surface area contributed by atoms with E-state index in [0.29, 0.717) is 13.0 Å². The third kappa shape index (κ3) is 3.35. The number of hydrogen-bond donors (Lipinski definition) is 2. The fourth-order valence-electron chi connectivity index (χ4n) is 1.63. The van der Waals surface area contributed by atoms with Crippen LogP contribution >= 0.6 is 27.3 Å². The van der Waals surface area contributed by atoms with E-state index in [1.807, 2.05) is 12.1 Å². The molecule has 0 atom stereocenters. The number of nitrogens with two attached hydrogens (primary N) is 1. The zero-order valence-corrected chi connectivity index (χ0v) is 13.3. The number of nitrogens with one attached hydrogen (secondary N) is 1. The van der Waals surface area contributed by atoms with Gasteiger partial charge in [-0.25, -0.2) is 18.1 Å². The molecule has 0 saturated carbocycles. The third-order valence-corrected chi connectivity index (χ3v) is 5.73. The SMILES string of the molecule is Cn1cnc(N)c1S(=O)(=O)NCCc1ccc(Br)s1. The van der Waals surface area contributed by atoms with Crippen LogP contribution in [0.2, 0.25) is 0 Å². The van der Waals surface area contributed by atoms with Crippen LogP contribution in [0, 0.1) is 0 Å². The Kier molecular flexibility index (Phi) is 4.29. The second-order valence-corrected chi connectivity index (χ2v) is 8.13. The van der Waals surface area contributed by atoms with E-state index in [-0.39, 0.29) is 10.8 Å². The molecule has 0 radical (unpaired) electrons. The predicted molar refractivity (Wildman–Crippen MR) is 78.5 cm³/mol. The lowest BCUT2D eigenvalue weighted by Gasteiger charge is -2.07. The number of imidazole rings is 1. The Morgan fingerprint density at radius 1 is 1.53 bits per heavy atom. The Morgan fingerprint density at radius 2 is 2.26 bits per heavy atom. The number of sulfonamides is 1. The predicted octanol–water partition coefficient (Wildman–Crippen LogP) is 1.35. The number of thiophene rings is 1. The van der Waals surface area contributed by atoms with E-state index in [4.69, 9.17) is 5.73 Å². The molecule has 104 valence electrons. The molecule has 0 aromatic carbocycles. The van der Waals surface area contributed by atoms with Crippen molar-refractivity contribution in [3.63, 3.8) is 0 Å². The van der Waals surface area contributed by atoms with Crippen molar-refractivity contribution in [2.75, 3.05) is 12.3 Å². The normalized spacial score (nSPS) is 11.9. The van der Waals surface area contributed by atoms with Crippen molar-refractivity contribution in [3.05, 3.63) is 27.1 Å². The molecule has 2 aromatic rings. The van der Waals surface area contributed by atoms with Crippen molar-refractivity contribution in [1.82, 2.24) is 14.3 Å².